The van der Waals surface area contributed by atoms with Gasteiger partial charge in [-0.25, -0.2) is 0 Å². The van der Waals surface area contributed by atoms with Gasteiger partial charge in [-0.1, -0.05) is 12.1 Å². The first-order valence-corrected chi connectivity index (χ1v) is 7.15. The Morgan fingerprint density at radius 3 is 2.56 bits per heavy atom. The summed E-state index contributed by atoms with van der Waals surface area (Å²) in [5, 5.41) is 0. The molecule has 3 nitrogen and oxygen atoms in total. The molecule has 0 saturated heterocycles. The van der Waals surface area contributed by atoms with Crippen molar-refractivity contribution < 1.29 is 8.63 Å². The van der Waals surface area contributed by atoms with E-state index in [0.717, 1.165) is 27.5 Å². The number of rotatable bonds is 4. The Bertz CT molecular complexity index is 575. The number of hydrogen-bond donors (Lipinski definition) is 1. The highest BCUT2D eigenvalue weighted by Crippen LogP contribution is 2.19. The molecule has 18 heavy (non-hydrogen) atoms. The van der Waals surface area contributed by atoms with Crippen LogP contribution in [0.2, 0.25) is 0 Å². The van der Waals surface area contributed by atoms with Crippen LogP contribution in [0, 0.1) is 13.8 Å². The van der Waals surface area contributed by atoms with Crippen LogP contribution in [0.5, 0.6) is 0 Å². The van der Waals surface area contributed by atoms with E-state index in [4.69, 9.17) is 10.2 Å². The number of hydrogen-bond acceptors (Lipinski definition) is 3. The molecule has 0 aliphatic carbocycles. The summed E-state index contributed by atoms with van der Waals surface area (Å²) in [5.74, 6) is 1.84. The molecule has 4 heteroatoms. The van der Waals surface area contributed by atoms with Gasteiger partial charge >= 0.3 is 0 Å². The van der Waals surface area contributed by atoms with Crippen molar-refractivity contribution >= 4 is 10.8 Å². The van der Waals surface area contributed by atoms with E-state index in [2.05, 4.69) is 0 Å². The molecule has 0 spiro atoms. The smallest absolute Gasteiger partial charge is 0.117 e. The van der Waals surface area contributed by atoms with E-state index in [1.807, 2.05) is 44.2 Å². The number of furan rings is 1. The van der Waals surface area contributed by atoms with E-state index in [1.165, 1.54) is 0 Å². The second-order valence-electron chi connectivity index (χ2n) is 4.33. The molecular weight excluding hydrogens is 246 g/mol. The molecule has 1 aromatic carbocycles. The van der Waals surface area contributed by atoms with E-state index in [9.17, 15) is 4.21 Å². The van der Waals surface area contributed by atoms with E-state index in [1.54, 1.807) is 0 Å². The normalized spacial score (nSPS) is 12.6. The third-order valence-electron chi connectivity index (χ3n) is 2.78. The standard InChI is InChI=1S/C14H17NO2S/c1-10-3-4-11(2)14(7-10)18(16)9-13-6-5-12(8-15)17-13/h3-7H,8-9,15H2,1-2H3. The Kier molecular flexibility index (Phi) is 3.99. The van der Waals surface area contributed by atoms with Crippen molar-refractivity contribution in [2.45, 2.75) is 31.0 Å². The summed E-state index contributed by atoms with van der Waals surface area (Å²) in [7, 11) is -1.08. The zero-order chi connectivity index (χ0) is 13.1. The van der Waals surface area contributed by atoms with Crippen molar-refractivity contribution in [2.75, 3.05) is 0 Å². The van der Waals surface area contributed by atoms with Gasteiger partial charge in [-0.2, -0.15) is 0 Å². The topological polar surface area (TPSA) is 56.2 Å². The van der Waals surface area contributed by atoms with Crippen molar-refractivity contribution in [1.29, 1.82) is 0 Å². The second kappa shape index (κ2) is 5.50. The number of nitrogens with two attached hydrogens (primary N) is 1. The average Bonchev–Trinajstić information content (AvgIpc) is 2.80. The molecule has 96 valence electrons. The number of aryl methyl sites for hydroxylation is 2. The highest BCUT2D eigenvalue weighted by molar-refractivity contribution is 7.84. The molecule has 1 heterocycles. The molecular formula is C14H17NO2S. The zero-order valence-corrected chi connectivity index (χ0v) is 11.4. The summed E-state index contributed by atoms with van der Waals surface area (Å²) in [6, 6.07) is 9.66. The zero-order valence-electron chi connectivity index (χ0n) is 10.6. The Balaban J connectivity index is 2.19. The minimum absolute atomic E-state index is 0.371. The lowest BCUT2D eigenvalue weighted by Crippen LogP contribution is -1.99. The molecule has 0 aliphatic heterocycles. The van der Waals surface area contributed by atoms with Gasteiger partial charge in [0.2, 0.25) is 0 Å². The third-order valence-corrected chi connectivity index (χ3v) is 4.26. The van der Waals surface area contributed by atoms with Gasteiger partial charge in [-0.15, -0.1) is 0 Å². The molecule has 2 aromatic rings. The quantitative estimate of drug-likeness (QED) is 0.922. The first-order valence-electron chi connectivity index (χ1n) is 5.83. The van der Waals surface area contributed by atoms with Crippen LogP contribution in [-0.2, 0) is 23.1 Å². The monoisotopic (exact) mass is 263 g/mol. The van der Waals surface area contributed by atoms with E-state index in [0.29, 0.717) is 12.3 Å². The largest absolute Gasteiger partial charge is 0.464 e. The van der Waals surface area contributed by atoms with Gasteiger partial charge in [-0.3, -0.25) is 4.21 Å². The summed E-state index contributed by atoms with van der Waals surface area (Å²) in [4.78, 5) is 0.876. The summed E-state index contributed by atoms with van der Waals surface area (Å²) in [5.41, 5.74) is 7.64. The van der Waals surface area contributed by atoms with Crippen molar-refractivity contribution in [1.82, 2.24) is 0 Å². The molecule has 2 N–H and O–H groups in total. The molecule has 0 amide bonds. The Labute approximate surface area is 109 Å². The molecule has 1 atom stereocenters. The van der Waals surface area contributed by atoms with Gasteiger partial charge in [0.25, 0.3) is 0 Å². The fourth-order valence-corrected chi connectivity index (χ4v) is 3.08. The molecule has 0 bridgehead atoms. The lowest BCUT2D eigenvalue weighted by Gasteiger charge is -2.06. The maximum absolute atomic E-state index is 12.3. The third kappa shape index (κ3) is 2.89. The SMILES string of the molecule is Cc1ccc(C)c(S(=O)Cc2ccc(CN)o2)c1. The van der Waals surface area contributed by atoms with Crippen LogP contribution in [0.25, 0.3) is 0 Å². The van der Waals surface area contributed by atoms with Crippen LogP contribution in [0.15, 0.2) is 39.6 Å². The fourth-order valence-electron chi connectivity index (χ4n) is 1.77. The summed E-state index contributed by atoms with van der Waals surface area (Å²) in [6.07, 6.45) is 0. The van der Waals surface area contributed by atoms with Gasteiger partial charge in [0.15, 0.2) is 0 Å². The van der Waals surface area contributed by atoms with Crippen LogP contribution < -0.4 is 5.73 Å². The Morgan fingerprint density at radius 1 is 1.17 bits per heavy atom. The van der Waals surface area contributed by atoms with Gasteiger partial charge in [0, 0.05) is 4.90 Å². The molecule has 1 aromatic heterocycles. The fraction of sp³-hybridized carbons (Fsp3) is 0.286. The summed E-state index contributed by atoms with van der Waals surface area (Å²) < 4.78 is 17.8. The molecule has 0 radical (unpaired) electrons. The van der Waals surface area contributed by atoms with Crippen molar-refractivity contribution in [3.63, 3.8) is 0 Å². The van der Waals surface area contributed by atoms with Crippen LogP contribution in [0.3, 0.4) is 0 Å². The Morgan fingerprint density at radius 2 is 1.89 bits per heavy atom. The summed E-state index contributed by atoms with van der Waals surface area (Å²) in [6.45, 7) is 4.34. The Hall–Kier alpha value is -1.39. The van der Waals surface area contributed by atoms with Crippen LogP contribution in [0.4, 0.5) is 0 Å². The van der Waals surface area contributed by atoms with Crippen LogP contribution >= 0.6 is 0 Å². The molecule has 0 saturated carbocycles. The lowest BCUT2D eigenvalue weighted by molar-refractivity contribution is 0.481. The molecule has 0 fully saturated rings. The van der Waals surface area contributed by atoms with E-state index < -0.39 is 10.8 Å². The maximum Gasteiger partial charge on any atom is 0.117 e. The second-order valence-corrected chi connectivity index (χ2v) is 5.75. The molecule has 1 unspecified atom stereocenters. The van der Waals surface area contributed by atoms with Crippen LogP contribution in [0.1, 0.15) is 22.6 Å². The van der Waals surface area contributed by atoms with Crippen LogP contribution in [-0.4, -0.2) is 4.21 Å². The highest BCUT2D eigenvalue weighted by atomic mass is 32.2. The highest BCUT2D eigenvalue weighted by Gasteiger charge is 2.11. The molecule has 2 rings (SSSR count). The first kappa shape index (κ1) is 13.1. The van der Waals surface area contributed by atoms with E-state index in [-0.39, 0.29) is 0 Å². The lowest BCUT2D eigenvalue weighted by atomic mass is 10.2. The molecule has 0 aliphatic rings. The van der Waals surface area contributed by atoms with Crippen molar-refractivity contribution in [3.05, 3.63) is 53.0 Å². The van der Waals surface area contributed by atoms with Gasteiger partial charge < -0.3 is 10.2 Å². The minimum atomic E-state index is -1.08. The minimum Gasteiger partial charge on any atom is -0.464 e. The number of benzene rings is 1. The van der Waals surface area contributed by atoms with Gasteiger partial charge in [0.1, 0.15) is 11.5 Å². The van der Waals surface area contributed by atoms with Crippen molar-refractivity contribution in [2.24, 2.45) is 5.73 Å². The van der Waals surface area contributed by atoms with E-state index >= 15 is 0 Å². The van der Waals surface area contributed by atoms with Gasteiger partial charge in [0.05, 0.1) is 23.1 Å². The van der Waals surface area contributed by atoms with Crippen molar-refractivity contribution in [3.8, 4) is 0 Å². The predicted molar refractivity (Wildman–Crippen MR) is 72.6 cm³/mol. The maximum atomic E-state index is 12.3. The first-order chi connectivity index (χ1) is 8.60. The summed E-state index contributed by atoms with van der Waals surface area (Å²) >= 11 is 0. The van der Waals surface area contributed by atoms with Gasteiger partial charge in [-0.05, 0) is 43.2 Å². The predicted octanol–water partition coefficient (Wildman–Crippen LogP) is 2.66. The average molecular weight is 263 g/mol.